The fourth-order valence-corrected chi connectivity index (χ4v) is 1.10. The number of hydrogen-bond donors (Lipinski definition) is 2. The number of hydrogen-bond acceptors (Lipinski definition) is 2. The first-order chi connectivity index (χ1) is 4.79. The van der Waals surface area contributed by atoms with Crippen LogP contribution in [0.4, 0.5) is 0 Å². The highest BCUT2D eigenvalue weighted by atomic mass is 32.1. The quantitative estimate of drug-likeness (QED) is 0.558. The Labute approximate surface area is 65.9 Å². The molecule has 0 aromatic rings. The van der Waals surface area contributed by atoms with Crippen molar-refractivity contribution in [3.05, 3.63) is 0 Å². The molecule has 58 valence electrons. The molecule has 0 bridgehead atoms. The van der Waals surface area contributed by atoms with Crippen LogP contribution < -0.4 is 11.1 Å². The minimum absolute atomic E-state index is 0.321. The summed E-state index contributed by atoms with van der Waals surface area (Å²) in [5.74, 6) is 0. The third kappa shape index (κ3) is 2.49. The Morgan fingerprint density at radius 2 is 2.60 bits per heavy atom. The lowest BCUT2D eigenvalue weighted by Gasteiger charge is -2.09. The van der Waals surface area contributed by atoms with Crippen molar-refractivity contribution in [1.29, 1.82) is 0 Å². The van der Waals surface area contributed by atoms with Gasteiger partial charge in [-0.1, -0.05) is 0 Å². The van der Waals surface area contributed by atoms with Crippen molar-refractivity contribution in [2.45, 2.75) is 18.9 Å². The number of thiocarbonyl (C=S) groups is 1. The molecule has 4 heteroatoms. The van der Waals surface area contributed by atoms with Gasteiger partial charge in [-0.15, -0.1) is 0 Å². The van der Waals surface area contributed by atoms with Crippen molar-refractivity contribution in [1.82, 2.24) is 5.32 Å². The SMILES string of the molecule is NC(=S)NC[C@@H]1CCCO1. The molecule has 0 aromatic carbocycles. The van der Waals surface area contributed by atoms with E-state index in [1.807, 2.05) is 0 Å². The van der Waals surface area contributed by atoms with Crippen LogP contribution >= 0.6 is 12.2 Å². The monoisotopic (exact) mass is 160 g/mol. The number of nitrogens with two attached hydrogens (primary N) is 1. The summed E-state index contributed by atoms with van der Waals surface area (Å²) in [6, 6.07) is 0. The molecule has 0 saturated carbocycles. The van der Waals surface area contributed by atoms with Gasteiger partial charge in [0.2, 0.25) is 0 Å². The van der Waals surface area contributed by atoms with E-state index in [9.17, 15) is 0 Å². The first kappa shape index (κ1) is 7.75. The molecule has 3 N–H and O–H groups in total. The lowest BCUT2D eigenvalue weighted by molar-refractivity contribution is 0.114. The van der Waals surface area contributed by atoms with Crippen molar-refractivity contribution in [3.8, 4) is 0 Å². The minimum Gasteiger partial charge on any atom is -0.376 e. The molecule has 1 aliphatic rings. The van der Waals surface area contributed by atoms with E-state index in [0.29, 0.717) is 11.2 Å². The second kappa shape index (κ2) is 3.73. The summed E-state index contributed by atoms with van der Waals surface area (Å²) in [5, 5.41) is 3.23. The van der Waals surface area contributed by atoms with E-state index in [4.69, 9.17) is 10.5 Å². The first-order valence-corrected chi connectivity index (χ1v) is 3.85. The van der Waals surface area contributed by atoms with Crippen molar-refractivity contribution < 1.29 is 4.74 Å². The van der Waals surface area contributed by atoms with Gasteiger partial charge in [-0.3, -0.25) is 0 Å². The maximum Gasteiger partial charge on any atom is 0.163 e. The van der Waals surface area contributed by atoms with Gasteiger partial charge in [0.05, 0.1) is 6.10 Å². The van der Waals surface area contributed by atoms with Crippen LogP contribution in [0.1, 0.15) is 12.8 Å². The lowest BCUT2D eigenvalue weighted by atomic mass is 10.2. The molecule has 1 heterocycles. The maximum atomic E-state index is 5.33. The van der Waals surface area contributed by atoms with Gasteiger partial charge < -0.3 is 15.8 Å². The van der Waals surface area contributed by atoms with Gasteiger partial charge in [0.1, 0.15) is 0 Å². The Balaban J connectivity index is 2.07. The summed E-state index contributed by atoms with van der Waals surface area (Å²) in [6.07, 6.45) is 2.60. The smallest absolute Gasteiger partial charge is 0.163 e. The average molecular weight is 160 g/mol. The van der Waals surface area contributed by atoms with Crippen LogP contribution in [0.3, 0.4) is 0 Å². The molecule has 1 atom stereocenters. The van der Waals surface area contributed by atoms with Crippen LogP contribution in [0.25, 0.3) is 0 Å². The average Bonchev–Trinajstić information content (AvgIpc) is 2.34. The molecular formula is C6H12N2OS. The third-order valence-electron chi connectivity index (χ3n) is 1.53. The summed E-state index contributed by atoms with van der Waals surface area (Å²) in [5.41, 5.74) is 5.24. The molecule has 0 spiro atoms. The molecule has 0 aromatic heterocycles. The highest BCUT2D eigenvalue weighted by Gasteiger charge is 2.14. The normalized spacial score (nSPS) is 24.6. The lowest BCUT2D eigenvalue weighted by Crippen LogP contribution is -2.35. The Kier molecular flexibility index (Phi) is 2.89. The zero-order valence-electron chi connectivity index (χ0n) is 5.80. The van der Waals surface area contributed by atoms with Crippen molar-refractivity contribution in [2.75, 3.05) is 13.2 Å². The molecule has 3 nitrogen and oxygen atoms in total. The van der Waals surface area contributed by atoms with Gasteiger partial charge in [0, 0.05) is 13.2 Å². The van der Waals surface area contributed by atoms with Crippen LogP contribution in [-0.2, 0) is 4.74 Å². The van der Waals surface area contributed by atoms with Gasteiger partial charge in [0.25, 0.3) is 0 Å². The highest BCUT2D eigenvalue weighted by Crippen LogP contribution is 2.10. The molecular weight excluding hydrogens is 148 g/mol. The maximum absolute atomic E-state index is 5.33. The van der Waals surface area contributed by atoms with Gasteiger partial charge >= 0.3 is 0 Å². The van der Waals surface area contributed by atoms with Crippen LogP contribution in [0.15, 0.2) is 0 Å². The zero-order chi connectivity index (χ0) is 7.40. The predicted molar refractivity (Wildman–Crippen MR) is 43.8 cm³/mol. The standard InChI is InChI=1S/C6H12N2OS/c7-6(10)8-4-5-2-1-3-9-5/h5H,1-4H2,(H3,7,8,10)/t5-/m0/s1. The van der Waals surface area contributed by atoms with Crippen LogP contribution in [-0.4, -0.2) is 24.4 Å². The highest BCUT2D eigenvalue weighted by molar-refractivity contribution is 7.80. The summed E-state index contributed by atoms with van der Waals surface area (Å²) in [7, 11) is 0. The summed E-state index contributed by atoms with van der Waals surface area (Å²) >= 11 is 4.64. The van der Waals surface area contributed by atoms with Gasteiger partial charge in [0.15, 0.2) is 5.11 Å². The van der Waals surface area contributed by atoms with Crippen molar-refractivity contribution in [2.24, 2.45) is 5.73 Å². The van der Waals surface area contributed by atoms with Crippen molar-refractivity contribution in [3.63, 3.8) is 0 Å². The molecule has 0 aliphatic carbocycles. The van der Waals surface area contributed by atoms with E-state index in [2.05, 4.69) is 17.5 Å². The first-order valence-electron chi connectivity index (χ1n) is 3.44. The molecule has 1 fully saturated rings. The van der Waals surface area contributed by atoms with Crippen LogP contribution in [0, 0.1) is 0 Å². The topological polar surface area (TPSA) is 47.3 Å². The minimum atomic E-state index is 0.321. The molecule has 10 heavy (non-hydrogen) atoms. The Bertz CT molecular complexity index is 123. The molecule has 0 amide bonds. The molecule has 1 rings (SSSR count). The Morgan fingerprint density at radius 1 is 1.80 bits per heavy atom. The molecule has 1 aliphatic heterocycles. The number of ether oxygens (including phenoxy) is 1. The van der Waals surface area contributed by atoms with Gasteiger partial charge in [-0.2, -0.15) is 0 Å². The van der Waals surface area contributed by atoms with E-state index in [-0.39, 0.29) is 0 Å². The van der Waals surface area contributed by atoms with E-state index in [1.165, 1.54) is 0 Å². The largest absolute Gasteiger partial charge is 0.376 e. The van der Waals surface area contributed by atoms with E-state index >= 15 is 0 Å². The predicted octanol–water partition coefficient (Wildman–Crippen LogP) is -0.00140. The fourth-order valence-electron chi connectivity index (χ4n) is 1.02. The number of rotatable bonds is 2. The van der Waals surface area contributed by atoms with Gasteiger partial charge in [-0.05, 0) is 25.1 Å². The van der Waals surface area contributed by atoms with Crippen LogP contribution in [0.2, 0.25) is 0 Å². The second-order valence-corrected chi connectivity index (χ2v) is 2.82. The van der Waals surface area contributed by atoms with Crippen LogP contribution in [0.5, 0.6) is 0 Å². The van der Waals surface area contributed by atoms with E-state index in [1.54, 1.807) is 0 Å². The van der Waals surface area contributed by atoms with E-state index < -0.39 is 0 Å². The molecule has 0 radical (unpaired) electrons. The fraction of sp³-hybridized carbons (Fsp3) is 0.833. The van der Waals surface area contributed by atoms with Crippen molar-refractivity contribution >= 4 is 17.3 Å². The Hall–Kier alpha value is -0.350. The zero-order valence-corrected chi connectivity index (χ0v) is 6.62. The number of nitrogens with one attached hydrogen (secondary N) is 1. The summed E-state index contributed by atoms with van der Waals surface area (Å²) in [6.45, 7) is 1.64. The summed E-state index contributed by atoms with van der Waals surface area (Å²) < 4.78 is 5.33. The van der Waals surface area contributed by atoms with E-state index in [0.717, 1.165) is 26.0 Å². The Morgan fingerprint density at radius 3 is 3.10 bits per heavy atom. The van der Waals surface area contributed by atoms with Gasteiger partial charge in [-0.25, -0.2) is 0 Å². The molecule has 1 saturated heterocycles. The second-order valence-electron chi connectivity index (χ2n) is 2.38. The summed E-state index contributed by atoms with van der Waals surface area (Å²) in [4.78, 5) is 0. The molecule has 0 unspecified atom stereocenters. The third-order valence-corrected chi connectivity index (χ3v) is 1.67.